The molecule has 0 saturated heterocycles. The molecule has 2 aromatic carbocycles. The Morgan fingerprint density at radius 2 is 1.84 bits per heavy atom. The largest absolute Gasteiger partial charge is 0.492 e. The van der Waals surface area contributed by atoms with Crippen LogP contribution in [0.1, 0.15) is 30.5 Å². The third kappa shape index (κ3) is 3.91. The van der Waals surface area contributed by atoms with Crippen LogP contribution in [0.2, 0.25) is 0 Å². The molecule has 0 saturated carbocycles. The number of carbonyl (C=O) groups is 1. The molecule has 2 aromatic rings. The minimum absolute atomic E-state index is 0.140. The lowest BCUT2D eigenvalue weighted by Gasteiger charge is -2.18. The van der Waals surface area contributed by atoms with E-state index in [9.17, 15) is 15.0 Å². The van der Waals surface area contributed by atoms with Gasteiger partial charge in [0.05, 0.1) is 37.8 Å². The summed E-state index contributed by atoms with van der Waals surface area (Å²) in [6, 6.07) is 4.72. The summed E-state index contributed by atoms with van der Waals surface area (Å²) in [5, 5.41) is 12.8. The van der Waals surface area contributed by atoms with Crippen LogP contribution in [0.15, 0.2) is 27.9 Å². The van der Waals surface area contributed by atoms with Gasteiger partial charge in [-0.3, -0.25) is 9.59 Å². The van der Waals surface area contributed by atoms with Crippen molar-refractivity contribution in [1.29, 1.82) is 5.39 Å². The van der Waals surface area contributed by atoms with Crippen LogP contribution in [0, 0.1) is 5.39 Å². The highest BCUT2D eigenvalue weighted by atomic mass is 32.2. The van der Waals surface area contributed by atoms with Gasteiger partial charge in [-0.25, -0.2) is 0 Å². The summed E-state index contributed by atoms with van der Waals surface area (Å²) in [5.74, 6) is 0.713. The first kappa shape index (κ1) is 22.4. The Bertz CT molecular complexity index is 1140. The van der Waals surface area contributed by atoms with Gasteiger partial charge in [-0.05, 0) is 42.4 Å². The van der Waals surface area contributed by atoms with E-state index in [1.165, 1.54) is 40.0 Å². The number of hydrogen-bond donors (Lipinski definition) is 1. The van der Waals surface area contributed by atoms with Gasteiger partial charge in [0.25, 0.3) is 5.75 Å². The fourth-order valence-electron chi connectivity index (χ4n) is 4.07. The second kappa shape index (κ2) is 9.27. The SMILES string of the molecule is COc1c([N+]#N)c2c(c(OC)c1OC)-c1ccc(SC)c(=O)cc1[C@@H](NC(C)=O)CC2. The van der Waals surface area contributed by atoms with Crippen LogP contribution in [0.25, 0.3) is 16.1 Å². The first-order chi connectivity index (χ1) is 14.9. The van der Waals surface area contributed by atoms with Crippen molar-refractivity contribution < 1.29 is 19.0 Å². The predicted molar refractivity (Wildman–Crippen MR) is 119 cm³/mol. The van der Waals surface area contributed by atoms with Gasteiger partial charge in [-0.1, -0.05) is 6.07 Å². The number of methoxy groups -OCH3 is 3. The van der Waals surface area contributed by atoms with E-state index in [1.807, 2.05) is 12.3 Å². The molecule has 1 atom stereocenters. The summed E-state index contributed by atoms with van der Waals surface area (Å²) in [6.45, 7) is 1.44. The van der Waals surface area contributed by atoms with Gasteiger partial charge >= 0.3 is 5.69 Å². The second-order valence-corrected chi connectivity index (χ2v) is 7.82. The van der Waals surface area contributed by atoms with Gasteiger partial charge in [0.1, 0.15) is 0 Å². The number of nitrogens with zero attached hydrogens (tertiary/aromatic N) is 2. The summed E-state index contributed by atoms with van der Waals surface area (Å²) < 4.78 is 16.8. The first-order valence-electron chi connectivity index (χ1n) is 9.61. The van der Waals surface area contributed by atoms with Crippen LogP contribution in [0.5, 0.6) is 17.2 Å². The fraction of sp³-hybridized carbons (Fsp3) is 0.364. The molecule has 0 unspecified atom stereocenters. The van der Waals surface area contributed by atoms with E-state index in [1.54, 1.807) is 12.1 Å². The van der Waals surface area contributed by atoms with Crippen molar-refractivity contribution in [2.75, 3.05) is 27.6 Å². The molecule has 0 fully saturated rings. The summed E-state index contributed by atoms with van der Waals surface area (Å²) in [5.41, 5.74) is 2.75. The van der Waals surface area contributed by atoms with Crippen molar-refractivity contribution in [1.82, 2.24) is 5.32 Å². The highest BCUT2D eigenvalue weighted by Gasteiger charge is 2.38. The van der Waals surface area contributed by atoms with Crippen LogP contribution in [-0.2, 0) is 11.2 Å². The number of nitrogens with one attached hydrogen (secondary N) is 1. The molecule has 31 heavy (non-hydrogen) atoms. The highest BCUT2D eigenvalue weighted by molar-refractivity contribution is 7.98. The van der Waals surface area contributed by atoms with Crippen molar-refractivity contribution in [3.63, 3.8) is 0 Å². The number of carbonyl (C=O) groups excluding carboxylic acids is 1. The van der Waals surface area contributed by atoms with E-state index in [2.05, 4.69) is 10.3 Å². The minimum atomic E-state index is -0.414. The molecule has 0 spiro atoms. The summed E-state index contributed by atoms with van der Waals surface area (Å²) in [7, 11) is 4.44. The zero-order valence-corrected chi connectivity index (χ0v) is 18.9. The molecule has 1 aliphatic rings. The van der Waals surface area contributed by atoms with Gasteiger partial charge in [0, 0.05) is 12.5 Å². The smallest absolute Gasteiger partial charge is 0.434 e. The van der Waals surface area contributed by atoms with E-state index < -0.39 is 6.04 Å². The molecule has 0 radical (unpaired) electrons. The molecule has 162 valence electrons. The Morgan fingerprint density at radius 3 is 2.39 bits per heavy atom. The maximum atomic E-state index is 12.8. The summed E-state index contributed by atoms with van der Waals surface area (Å²) in [6.07, 6.45) is 2.76. The quantitative estimate of drug-likeness (QED) is 0.550. The number of ether oxygens (including phenoxy) is 3. The summed E-state index contributed by atoms with van der Waals surface area (Å²) in [4.78, 5) is 28.8. The Morgan fingerprint density at radius 1 is 1.16 bits per heavy atom. The molecule has 3 rings (SSSR count). The van der Waals surface area contributed by atoms with Gasteiger partial charge < -0.3 is 19.5 Å². The standard InChI is InChI=1S/C22H23N3O5S/c1-11(26)24-15-8-6-13-18(12-7-9-17(31-5)16(27)10-14(12)15)20(28-2)22(30-4)21(29-3)19(13)25-23/h7,9-10,15H,6,8H2,1-5H3/p+1/t15-/m0/s1. The topological polar surface area (TPSA) is 102 Å². The van der Waals surface area contributed by atoms with E-state index in [0.29, 0.717) is 45.7 Å². The lowest BCUT2D eigenvalue weighted by atomic mass is 9.94. The zero-order chi connectivity index (χ0) is 22.7. The molecule has 1 N–H and O–H groups in total. The monoisotopic (exact) mass is 442 g/mol. The van der Waals surface area contributed by atoms with E-state index >= 15 is 0 Å². The van der Waals surface area contributed by atoms with Crippen molar-refractivity contribution in [2.24, 2.45) is 0 Å². The Balaban J connectivity index is 2.52. The Kier molecular flexibility index (Phi) is 6.71. The number of amides is 1. The molecule has 0 aromatic heterocycles. The number of diazo groups is 1. The predicted octanol–water partition coefficient (Wildman–Crippen LogP) is 4.07. The number of hydrogen-bond acceptors (Lipinski definition) is 7. The zero-order valence-electron chi connectivity index (χ0n) is 18.1. The minimum Gasteiger partial charge on any atom is -0.492 e. The van der Waals surface area contributed by atoms with Crippen LogP contribution in [0.3, 0.4) is 0 Å². The molecule has 0 bridgehead atoms. The van der Waals surface area contributed by atoms with Crippen LogP contribution in [0.4, 0.5) is 5.69 Å². The number of rotatable bonds is 5. The Labute approximate surface area is 184 Å². The average molecular weight is 443 g/mol. The molecule has 8 nitrogen and oxygen atoms in total. The molecule has 1 aliphatic carbocycles. The maximum Gasteiger partial charge on any atom is 0.434 e. The van der Waals surface area contributed by atoms with Crippen LogP contribution < -0.4 is 25.0 Å². The molecular weight excluding hydrogens is 418 g/mol. The van der Waals surface area contributed by atoms with Crippen LogP contribution in [-0.4, -0.2) is 33.5 Å². The van der Waals surface area contributed by atoms with Gasteiger partial charge in [0.15, 0.2) is 16.2 Å². The second-order valence-electron chi connectivity index (χ2n) is 6.97. The number of fused-ring (bicyclic) bond motifs is 3. The maximum absolute atomic E-state index is 12.8. The van der Waals surface area contributed by atoms with Gasteiger partial charge in [-0.2, -0.15) is 0 Å². The van der Waals surface area contributed by atoms with E-state index in [-0.39, 0.29) is 28.5 Å². The third-order valence-corrected chi connectivity index (χ3v) is 6.10. The average Bonchev–Trinajstić information content (AvgIpc) is 3.00. The lowest BCUT2D eigenvalue weighted by molar-refractivity contribution is -0.119. The van der Waals surface area contributed by atoms with Crippen molar-refractivity contribution >= 4 is 23.4 Å². The molecule has 9 heteroatoms. The third-order valence-electron chi connectivity index (χ3n) is 5.32. The Hall–Kier alpha value is -3.25. The number of benzene rings is 1. The van der Waals surface area contributed by atoms with Gasteiger partial charge in [0.2, 0.25) is 17.0 Å². The molecule has 1 amide bonds. The lowest BCUT2D eigenvalue weighted by Crippen LogP contribution is -2.26. The molecule has 0 aliphatic heterocycles. The fourth-order valence-corrected chi connectivity index (χ4v) is 4.54. The number of thioether (sulfide) groups is 1. The highest BCUT2D eigenvalue weighted by Crippen LogP contribution is 2.55. The first-order valence-corrected chi connectivity index (χ1v) is 10.8. The van der Waals surface area contributed by atoms with Crippen LogP contribution >= 0.6 is 11.8 Å². The van der Waals surface area contributed by atoms with Crippen molar-refractivity contribution in [3.8, 4) is 28.4 Å². The molecular formula is C22H24N3O5S+. The van der Waals surface area contributed by atoms with Crippen molar-refractivity contribution in [2.45, 2.75) is 30.7 Å². The van der Waals surface area contributed by atoms with E-state index in [0.717, 1.165) is 0 Å². The molecule has 0 heterocycles. The summed E-state index contributed by atoms with van der Waals surface area (Å²) >= 11 is 1.35. The normalized spacial score (nSPS) is 14.4. The van der Waals surface area contributed by atoms with Crippen molar-refractivity contribution in [3.05, 3.63) is 44.5 Å². The van der Waals surface area contributed by atoms with Gasteiger partial charge in [-0.15, -0.1) is 11.8 Å². The van der Waals surface area contributed by atoms with E-state index in [4.69, 9.17) is 14.2 Å².